The van der Waals surface area contributed by atoms with Crippen LogP contribution >= 0.6 is 0 Å². The molecule has 1 N–H and O–H groups in total. The van der Waals surface area contributed by atoms with Gasteiger partial charge in [0.1, 0.15) is 0 Å². The van der Waals surface area contributed by atoms with E-state index in [1.165, 1.54) is 24.9 Å². The molecule has 8 nitrogen and oxygen atoms in total. The third-order valence-corrected chi connectivity index (χ3v) is 5.49. The van der Waals surface area contributed by atoms with Crippen molar-refractivity contribution in [3.63, 3.8) is 0 Å². The molecule has 152 valence electrons. The van der Waals surface area contributed by atoms with Gasteiger partial charge < -0.3 is 20.0 Å². The van der Waals surface area contributed by atoms with Crippen LogP contribution < -0.4 is 15.1 Å². The fourth-order valence-corrected chi connectivity index (χ4v) is 3.74. The summed E-state index contributed by atoms with van der Waals surface area (Å²) in [7, 11) is 0. The van der Waals surface area contributed by atoms with Crippen LogP contribution in [0.15, 0.2) is 36.7 Å². The summed E-state index contributed by atoms with van der Waals surface area (Å²) in [5.74, 6) is 0.353. The first kappa shape index (κ1) is 19.2. The number of nitrogens with zero attached hydrogens (tertiary/aromatic N) is 5. The highest BCUT2D eigenvalue weighted by molar-refractivity contribution is 6.03. The minimum Gasteiger partial charge on any atom is -0.372 e. The van der Waals surface area contributed by atoms with Gasteiger partial charge in [-0.3, -0.25) is 9.59 Å². The Kier molecular flexibility index (Phi) is 5.88. The highest BCUT2D eigenvalue weighted by Gasteiger charge is 2.18. The summed E-state index contributed by atoms with van der Waals surface area (Å²) in [5, 5.41) is 2.90. The Balaban J connectivity index is 1.34. The molecule has 0 aliphatic carbocycles. The summed E-state index contributed by atoms with van der Waals surface area (Å²) < 4.78 is 0. The van der Waals surface area contributed by atoms with Crippen LogP contribution in [0.25, 0.3) is 0 Å². The van der Waals surface area contributed by atoms with Crippen molar-refractivity contribution in [2.24, 2.45) is 0 Å². The number of anilines is 3. The van der Waals surface area contributed by atoms with E-state index in [-0.39, 0.29) is 5.91 Å². The molecule has 2 aromatic rings. The van der Waals surface area contributed by atoms with Gasteiger partial charge in [-0.1, -0.05) is 0 Å². The Morgan fingerprint density at radius 2 is 1.52 bits per heavy atom. The van der Waals surface area contributed by atoms with E-state index in [2.05, 4.69) is 32.3 Å². The number of aromatic nitrogens is 2. The first-order valence-electron chi connectivity index (χ1n) is 10.2. The SMILES string of the molecule is O=CN1CCN(c2ncc(C(=O)Nc3ccc(N4CCCCC4)cc3)cn2)CC1. The van der Waals surface area contributed by atoms with Crippen molar-refractivity contribution in [1.29, 1.82) is 0 Å². The van der Waals surface area contributed by atoms with Crippen LogP contribution in [-0.2, 0) is 4.79 Å². The van der Waals surface area contributed by atoms with Crippen LogP contribution in [-0.4, -0.2) is 66.5 Å². The second-order valence-electron chi connectivity index (χ2n) is 7.45. The number of nitrogens with one attached hydrogen (secondary N) is 1. The van der Waals surface area contributed by atoms with Gasteiger partial charge in [0.2, 0.25) is 12.4 Å². The first-order chi connectivity index (χ1) is 14.2. The predicted octanol–water partition coefficient (Wildman–Crippen LogP) is 2.00. The standard InChI is InChI=1S/C21H26N6O2/c28-16-25-10-12-27(13-11-25)21-22-14-17(15-23-21)20(29)24-18-4-6-19(7-5-18)26-8-2-1-3-9-26/h4-7,14-16H,1-3,8-13H2,(H,24,29). The van der Waals surface area contributed by atoms with Gasteiger partial charge in [0, 0.05) is 63.0 Å². The Morgan fingerprint density at radius 1 is 0.862 bits per heavy atom. The Labute approximate surface area is 170 Å². The van der Waals surface area contributed by atoms with Gasteiger partial charge in [0.05, 0.1) is 5.56 Å². The summed E-state index contributed by atoms with van der Waals surface area (Å²) in [4.78, 5) is 38.1. The Bertz CT molecular complexity index is 825. The second-order valence-corrected chi connectivity index (χ2v) is 7.45. The smallest absolute Gasteiger partial charge is 0.258 e. The zero-order chi connectivity index (χ0) is 20.1. The molecule has 1 aromatic carbocycles. The molecule has 2 aliphatic rings. The quantitative estimate of drug-likeness (QED) is 0.781. The normalized spacial score (nSPS) is 17.2. The van der Waals surface area contributed by atoms with Crippen LogP contribution in [0.4, 0.5) is 17.3 Å². The molecule has 1 aromatic heterocycles. The van der Waals surface area contributed by atoms with Crippen LogP contribution in [0.1, 0.15) is 29.6 Å². The highest BCUT2D eigenvalue weighted by atomic mass is 16.1. The molecule has 3 heterocycles. The number of piperidine rings is 1. The largest absolute Gasteiger partial charge is 0.372 e. The van der Waals surface area contributed by atoms with Gasteiger partial charge in [-0.15, -0.1) is 0 Å². The van der Waals surface area contributed by atoms with E-state index in [1.807, 2.05) is 17.0 Å². The lowest BCUT2D eigenvalue weighted by atomic mass is 10.1. The maximum atomic E-state index is 12.5. The van der Waals surface area contributed by atoms with Crippen molar-refractivity contribution >= 4 is 29.6 Å². The number of piperazine rings is 1. The lowest BCUT2D eigenvalue weighted by Crippen LogP contribution is -2.46. The number of amides is 2. The summed E-state index contributed by atoms with van der Waals surface area (Å²) in [6.07, 6.45) is 7.74. The lowest BCUT2D eigenvalue weighted by Gasteiger charge is -2.32. The monoisotopic (exact) mass is 394 g/mol. The van der Waals surface area contributed by atoms with Crippen molar-refractivity contribution in [2.45, 2.75) is 19.3 Å². The third kappa shape index (κ3) is 4.64. The van der Waals surface area contributed by atoms with E-state index in [1.54, 1.807) is 17.3 Å². The van der Waals surface area contributed by atoms with Gasteiger partial charge in [-0.2, -0.15) is 0 Å². The maximum Gasteiger partial charge on any atom is 0.258 e. The maximum absolute atomic E-state index is 12.5. The molecule has 29 heavy (non-hydrogen) atoms. The fourth-order valence-electron chi connectivity index (χ4n) is 3.74. The molecule has 4 rings (SSSR count). The lowest BCUT2D eigenvalue weighted by molar-refractivity contribution is -0.118. The van der Waals surface area contributed by atoms with Crippen LogP contribution in [0.5, 0.6) is 0 Å². The van der Waals surface area contributed by atoms with Gasteiger partial charge in [0.15, 0.2) is 0 Å². The van der Waals surface area contributed by atoms with Crippen molar-refractivity contribution in [3.8, 4) is 0 Å². The predicted molar refractivity (Wildman–Crippen MR) is 112 cm³/mol. The van der Waals surface area contributed by atoms with E-state index in [4.69, 9.17) is 0 Å². The first-order valence-corrected chi connectivity index (χ1v) is 10.2. The van der Waals surface area contributed by atoms with Gasteiger partial charge >= 0.3 is 0 Å². The summed E-state index contributed by atoms with van der Waals surface area (Å²) in [6.45, 7) is 4.88. The molecule has 2 fully saturated rings. The zero-order valence-corrected chi connectivity index (χ0v) is 16.5. The van der Waals surface area contributed by atoms with E-state index in [9.17, 15) is 9.59 Å². The molecule has 2 aliphatic heterocycles. The summed E-state index contributed by atoms with van der Waals surface area (Å²) in [6, 6.07) is 7.98. The molecule has 2 saturated heterocycles. The molecular weight excluding hydrogens is 368 g/mol. The fraction of sp³-hybridized carbons (Fsp3) is 0.429. The van der Waals surface area contributed by atoms with Crippen LogP contribution in [0, 0.1) is 0 Å². The topological polar surface area (TPSA) is 81.7 Å². The van der Waals surface area contributed by atoms with E-state index >= 15 is 0 Å². The Morgan fingerprint density at radius 3 is 2.14 bits per heavy atom. The Hall–Kier alpha value is -3.16. The van der Waals surface area contributed by atoms with E-state index in [0.29, 0.717) is 37.7 Å². The molecule has 0 saturated carbocycles. The van der Waals surface area contributed by atoms with Gasteiger partial charge in [0.25, 0.3) is 5.91 Å². The molecule has 0 atom stereocenters. The van der Waals surface area contributed by atoms with E-state index in [0.717, 1.165) is 25.2 Å². The molecule has 8 heteroatoms. The number of hydrogen-bond donors (Lipinski definition) is 1. The number of hydrogen-bond acceptors (Lipinski definition) is 6. The average molecular weight is 394 g/mol. The number of carbonyl (C=O) groups is 2. The zero-order valence-electron chi connectivity index (χ0n) is 16.5. The van der Waals surface area contributed by atoms with Crippen LogP contribution in [0.3, 0.4) is 0 Å². The molecule has 0 bridgehead atoms. The minimum absolute atomic E-state index is 0.229. The second kappa shape index (κ2) is 8.89. The summed E-state index contributed by atoms with van der Waals surface area (Å²) >= 11 is 0. The molecule has 0 radical (unpaired) electrons. The molecule has 0 spiro atoms. The summed E-state index contributed by atoms with van der Waals surface area (Å²) in [5.41, 5.74) is 2.37. The average Bonchev–Trinajstić information content (AvgIpc) is 2.80. The number of rotatable bonds is 5. The molecular formula is C21H26N6O2. The van der Waals surface area contributed by atoms with Crippen molar-refractivity contribution in [1.82, 2.24) is 14.9 Å². The molecule has 2 amide bonds. The highest BCUT2D eigenvalue weighted by Crippen LogP contribution is 2.22. The van der Waals surface area contributed by atoms with Crippen molar-refractivity contribution in [3.05, 3.63) is 42.2 Å². The van der Waals surface area contributed by atoms with E-state index < -0.39 is 0 Å². The van der Waals surface area contributed by atoms with Gasteiger partial charge in [-0.25, -0.2) is 9.97 Å². The number of carbonyl (C=O) groups excluding carboxylic acids is 2. The van der Waals surface area contributed by atoms with Crippen LogP contribution in [0.2, 0.25) is 0 Å². The van der Waals surface area contributed by atoms with Crippen molar-refractivity contribution in [2.75, 3.05) is 54.4 Å². The number of benzene rings is 1. The third-order valence-electron chi connectivity index (χ3n) is 5.49. The van der Waals surface area contributed by atoms with Crippen molar-refractivity contribution < 1.29 is 9.59 Å². The minimum atomic E-state index is -0.229. The van der Waals surface area contributed by atoms with Gasteiger partial charge in [-0.05, 0) is 43.5 Å². The molecule has 0 unspecified atom stereocenters.